The number of aromatic nitrogens is 1. The van der Waals surface area contributed by atoms with Gasteiger partial charge in [0.15, 0.2) is 0 Å². The monoisotopic (exact) mass is 369 g/mol. The van der Waals surface area contributed by atoms with E-state index in [1.54, 1.807) is 0 Å². The van der Waals surface area contributed by atoms with Crippen molar-refractivity contribution >= 4 is 27.4 Å². The van der Waals surface area contributed by atoms with Crippen molar-refractivity contribution in [3.05, 3.63) is 77.0 Å². The third-order valence-electron chi connectivity index (χ3n) is 6.09. The van der Waals surface area contributed by atoms with Crippen LogP contribution < -0.4 is 10.2 Å². The van der Waals surface area contributed by atoms with Crippen molar-refractivity contribution in [1.29, 1.82) is 0 Å². The fourth-order valence-electron chi connectivity index (χ4n) is 4.72. The van der Waals surface area contributed by atoms with Gasteiger partial charge in [0.05, 0.1) is 0 Å². The summed E-state index contributed by atoms with van der Waals surface area (Å²) >= 11 is 0. The van der Waals surface area contributed by atoms with Gasteiger partial charge in [-0.1, -0.05) is 42.0 Å². The van der Waals surface area contributed by atoms with E-state index in [-0.39, 0.29) is 0 Å². The van der Waals surface area contributed by atoms with Crippen molar-refractivity contribution in [2.24, 2.45) is 0 Å². The molecule has 4 aromatic rings. The molecule has 0 spiro atoms. The highest BCUT2D eigenvalue weighted by Gasteiger charge is 2.20. The molecule has 0 fully saturated rings. The predicted molar refractivity (Wildman–Crippen MR) is 119 cm³/mol. The number of nitrogens with zero attached hydrogens (tertiary/aromatic N) is 2. The Bertz CT molecular complexity index is 1180. The molecule has 0 saturated carbocycles. The lowest BCUT2D eigenvalue weighted by Crippen LogP contribution is -2.25. The first kappa shape index (κ1) is 17.3. The summed E-state index contributed by atoms with van der Waals surface area (Å²) in [7, 11) is 4.23. The van der Waals surface area contributed by atoms with Gasteiger partial charge in [-0.25, -0.2) is 0 Å². The molecule has 3 heteroatoms. The maximum Gasteiger partial charge on any atom is 0.0489 e. The van der Waals surface area contributed by atoms with Crippen LogP contribution in [-0.2, 0) is 19.5 Å². The van der Waals surface area contributed by atoms with Crippen molar-refractivity contribution in [1.82, 2.24) is 9.88 Å². The summed E-state index contributed by atoms with van der Waals surface area (Å²) in [4.78, 5) is 2.20. The largest absolute Gasteiger partial charge is 0.377 e. The van der Waals surface area contributed by atoms with Gasteiger partial charge in [-0.3, -0.25) is 0 Å². The van der Waals surface area contributed by atoms with E-state index in [1.807, 2.05) is 0 Å². The van der Waals surface area contributed by atoms with Crippen LogP contribution in [0.25, 0.3) is 21.7 Å². The molecule has 2 heterocycles. The highest BCUT2D eigenvalue weighted by molar-refractivity contribution is 5.96. The molecule has 1 N–H and O–H groups in total. The van der Waals surface area contributed by atoms with Gasteiger partial charge in [-0.05, 0) is 54.6 Å². The van der Waals surface area contributed by atoms with Gasteiger partial charge in [-0.15, -0.1) is 0 Å². The van der Waals surface area contributed by atoms with Gasteiger partial charge >= 0.3 is 0 Å². The van der Waals surface area contributed by atoms with E-state index >= 15 is 0 Å². The number of hydrogen-bond acceptors (Lipinski definition) is 2. The number of benzene rings is 3. The first-order valence-corrected chi connectivity index (χ1v) is 10.1. The summed E-state index contributed by atoms with van der Waals surface area (Å²) in [5.41, 5.74) is 8.34. The van der Waals surface area contributed by atoms with Crippen LogP contribution in [0.4, 0.5) is 5.69 Å². The fourth-order valence-corrected chi connectivity index (χ4v) is 4.72. The van der Waals surface area contributed by atoms with E-state index in [2.05, 4.69) is 90.4 Å². The topological polar surface area (TPSA) is 20.2 Å². The van der Waals surface area contributed by atoms with Crippen LogP contribution in [-0.4, -0.2) is 25.2 Å². The van der Waals surface area contributed by atoms with Gasteiger partial charge < -0.3 is 14.8 Å². The second kappa shape index (κ2) is 6.68. The van der Waals surface area contributed by atoms with Gasteiger partial charge in [0.1, 0.15) is 0 Å². The van der Waals surface area contributed by atoms with Crippen LogP contribution in [0, 0.1) is 6.92 Å². The minimum Gasteiger partial charge on any atom is -0.377 e. The molecule has 1 aliphatic rings. The smallest absolute Gasteiger partial charge is 0.0489 e. The first-order chi connectivity index (χ1) is 13.6. The molecule has 142 valence electrons. The summed E-state index contributed by atoms with van der Waals surface area (Å²) in [6.07, 6.45) is 1.11. The fraction of sp³-hybridized carbons (Fsp3) is 0.280. The Labute approximate surface area is 166 Å². The van der Waals surface area contributed by atoms with E-state index in [4.69, 9.17) is 0 Å². The maximum atomic E-state index is 3.58. The molecule has 0 bridgehead atoms. The third kappa shape index (κ3) is 2.70. The second-order valence-electron chi connectivity index (χ2n) is 8.14. The van der Waals surface area contributed by atoms with E-state index in [1.165, 1.54) is 49.7 Å². The van der Waals surface area contributed by atoms with Gasteiger partial charge in [-0.2, -0.15) is 0 Å². The summed E-state index contributed by atoms with van der Waals surface area (Å²) in [5, 5.41) is 7.68. The molecule has 0 saturated heterocycles. The molecule has 3 nitrogen and oxygen atoms in total. The third-order valence-corrected chi connectivity index (χ3v) is 6.09. The second-order valence-corrected chi connectivity index (χ2v) is 8.14. The number of rotatable bonds is 3. The number of fused-ring (bicyclic) bond motifs is 4. The molecule has 1 aromatic heterocycles. The molecule has 0 unspecified atom stereocenters. The summed E-state index contributed by atoms with van der Waals surface area (Å²) in [6.45, 7) is 5.12. The molecule has 5 rings (SSSR count). The van der Waals surface area contributed by atoms with Gasteiger partial charge in [0.2, 0.25) is 0 Å². The Morgan fingerprint density at radius 2 is 1.79 bits per heavy atom. The zero-order valence-corrected chi connectivity index (χ0v) is 16.9. The number of hydrogen-bond donors (Lipinski definition) is 1. The SMILES string of the molecule is Cc1ccc2c(c1)c1c(n2Cc2ccc(N(C)C)c3ccccc23)CNCC1. The van der Waals surface area contributed by atoms with Crippen molar-refractivity contribution in [3.8, 4) is 0 Å². The zero-order chi connectivity index (χ0) is 19.3. The van der Waals surface area contributed by atoms with Gasteiger partial charge in [0, 0.05) is 54.9 Å². The number of anilines is 1. The normalized spacial score (nSPS) is 13.8. The maximum absolute atomic E-state index is 3.58. The Hall–Kier alpha value is -2.78. The number of nitrogens with one attached hydrogen (secondary N) is 1. The minimum atomic E-state index is 0.908. The quantitative estimate of drug-likeness (QED) is 0.556. The summed E-state index contributed by atoms with van der Waals surface area (Å²) in [5.74, 6) is 0. The van der Waals surface area contributed by atoms with E-state index < -0.39 is 0 Å². The Balaban J connectivity index is 1.70. The van der Waals surface area contributed by atoms with E-state index in [0.29, 0.717) is 0 Å². The van der Waals surface area contributed by atoms with Crippen molar-refractivity contribution in [2.45, 2.75) is 26.4 Å². The van der Waals surface area contributed by atoms with Crippen LogP contribution in [0.3, 0.4) is 0 Å². The van der Waals surface area contributed by atoms with Crippen LogP contribution >= 0.6 is 0 Å². The van der Waals surface area contributed by atoms with Gasteiger partial charge in [0.25, 0.3) is 0 Å². The van der Waals surface area contributed by atoms with Crippen LogP contribution in [0.5, 0.6) is 0 Å². The highest BCUT2D eigenvalue weighted by atomic mass is 15.1. The molecule has 1 aliphatic heterocycles. The zero-order valence-electron chi connectivity index (χ0n) is 16.9. The molecular weight excluding hydrogens is 342 g/mol. The van der Waals surface area contributed by atoms with E-state index in [9.17, 15) is 0 Å². The lowest BCUT2D eigenvalue weighted by atomic mass is 10.0. The average Bonchev–Trinajstić information content (AvgIpc) is 3.01. The van der Waals surface area contributed by atoms with Crippen LogP contribution in [0.15, 0.2) is 54.6 Å². The number of aryl methyl sites for hydroxylation is 1. The van der Waals surface area contributed by atoms with E-state index in [0.717, 1.165) is 26.1 Å². The first-order valence-electron chi connectivity index (χ1n) is 10.1. The standard InChI is InChI=1S/C25H27N3/c1-17-8-10-24-22(14-17)21-12-13-26-15-25(21)28(24)16-18-9-11-23(27(2)3)20-7-5-4-6-19(18)20/h4-11,14,26H,12-13,15-16H2,1-3H3. The Kier molecular flexibility index (Phi) is 4.13. The van der Waals surface area contributed by atoms with Crippen molar-refractivity contribution in [2.75, 3.05) is 25.5 Å². The molecule has 0 atom stereocenters. The molecule has 0 amide bonds. The minimum absolute atomic E-state index is 0.908. The average molecular weight is 370 g/mol. The summed E-state index contributed by atoms with van der Waals surface area (Å²) < 4.78 is 2.54. The molecule has 3 aromatic carbocycles. The molecule has 0 aliphatic carbocycles. The van der Waals surface area contributed by atoms with Crippen LogP contribution in [0.2, 0.25) is 0 Å². The predicted octanol–water partition coefficient (Wildman–Crippen LogP) is 4.86. The van der Waals surface area contributed by atoms with Crippen molar-refractivity contribution in [3.63, 3.8) is 0 Å². The summed E-state index contributed by atoms with van der Waals surface area (Å²) in [6, 6.07) is 20.3. The van der Waals surface area contributed by atoms with Crippen molar-refractivity contribution < 1.29 is 0 Å². The van der Waals surface area contributed by atoms with Crippen LogP contribution in [0.1, 0.15) is 22.4 Å². The molecule has 0 radical (unpaired) electrons. The lowest BCUT2D eigenvalue weighted by Gasteiger charge is -2.20. The Morgan fingerprint density at radius 1 is 0.964 bits per heavy atom. The molecule has 28 heavy (non-hydrogen) atoms. The highest BCUT2D eigenvalue weighted by Crippen LogP contribution is 2.33. The Morgan fingerprint density at radius 3 is 2.61 bits per heavy atom. The lowest BCUT2D eigenvalue weighted by molar-refractivity contribution is 0.603. The molecular formula is C25H27N3.